The highest BCUT2D eigenvalue weighted by molar-refractivity contribution is 7.98. The molecule has 1 aliphatic rings. The summed E-state index contributed by atoms with van der Waals surface area (Å²) in [6.07, 6.45) is 2.09. The third-order valence-corrected chi connectivity index (χ3v) is 5.26. The molecule has 0 saturated carbocycles. The Bertz CT molecular complexity index is 818. The summed E-state index contributed by atoms with van der Waals surface area (Å²) in [5.41, 5.74) is 4.43. The second-order valence-corrected chi connectivity index (χ2v) is 8.12. The lowest BCUT2D eigenvalue weighted by molar-refractivity contribution is 0.0310. The van der Waals surface area contributed by atoms with E-state index in [1.54, 1.807) is 18.9 Å². The van der Waals surface area contributed by atoms with Crippen LogP contribution in [0.2, 0.25) is 0 Å². The standard InChI is InChI=1S/C22H26O3S/c1-22(2,3)17-10-8-11-18-20(17)21(25-14-23-4)16(13-24-18)15-9-6-7-12-19(15)26-5/h6-12H,13-14H2,1-5H3. The van der Waals surface area contributed by atoms with Crippen LogP contribution in [-0.4, -0.2) is 26.8 Å². The summed E-state index contributed by atoms with van der Waals surface area (Å²) >= 11 is 1.73. The highest BCUT2D eigenvalue weighted by Gasteiger charge is 2.30. The van der Waals surface area contributed by atoms with E-state index in [1.165, 1.54) is 10.5 Å². The topological polar surface area (TPSA) is 27.7 Å². The zero-order chi connectivity index (χ0) is 18.7. The van der Waals surface area contributed by atoms with E-state index in [4.69, 9.17) is 14.2 Å². The summed E-state index contributed by atoms with van der Waals surface area (Å²) in [4.78, 5) is 1.21. The van der Waals surface area contributed by atoms with Crippen molar-refractivity contribution in [2.24, 2.45) is 0 Å². The van der Waals surface area contributed by atoms with Gasteiger partial charge in [0.25, 0.3) is 0 Å². The van der Waals surface area contributed by atoms with Gasteiger partial charge in [-0.1, -0.05) is 51.1 Å². The molecule has 0 aliphatic carbocycles. The molecule has 1 aliphatic heterocycles. The monoisotopic (exact) mass is 370 g/mol. The Hall–Kier alpha value is -1.91. The predicted octanol–water partition coefficient (Wildman–Crippen LogP) is 5.59. The summed E-state index contributed by atoms with van der Waals surface area (Å²) in [5.74, 6) is 1.73. The molecule has 0 amide bonds. The molecule has 0 saturated heterocycles. The zero-order valence-corrected chi connectivity index (χ0v) is 16.9. The molecular formula is C22H26O3S. The summed E-state index contributed by atoms with van der Waals surface area (Å²) < 4.78 is 17.5. The molecule has 0 unspecified atom stereocenters. The van der Waals surface area contributed by atoms with Crippen LogP contribution in [0.1, 0.15) is 37.5 Å². The maximum atomic E-state index is 6.15. The number of thioether (sulfide) groups is 1. The largest absolute Gasteiger partial charge is 0.488 e. The Morgan fingerprint density at radius 1 is 1.08 bits per heavy atom. The zero-order valence-electron chi connectivity index (χ0n) is 16.1. The third-order valence-electron chi connectivity index (χ3n) is 4.46. The fraction of sp³-hybridized carbons (Fsp3) is 0.364. The molecule has 3 rings (SSSR count). The SMILES string of the molecule is COCOC1=C(c2ccccc2SC)COc2cccc(C(C)(C)C)c21. The molecule has 0 bridgehead atoms. The molecule has 138 valence electrons. The van der Waals surface area contributed by atoms with E-state index in [0.717, 1.165) is 28.2 Å². The highest BCUT2D eigenvalue weighted by atomic mass is 32.2. The Morgan fingerprint density at radius 3 is 2.54 bits per heavy atom. The van der Waals surface area contributed by atoms with E-state index in [2.05, 4.69) is 57.4 Å². The average molecular weight is 371 g/mol. The number of hydrogen-bond donors (Lipinski definition) is 0. The van der Waals surface area contributed by atoms with Crippen molar-refractivity contribution in [3.05, 3.63) is 59.2 Å². The summed E-state index contributed by atoms with van der Waals surface area (Å²) in [6.45, 7) is 7.32. The van der Waals surface area contributed by atoms with Crippen LogP contribution in [-0.2, 0) is 14.9 Å². The summed E-state index contributed by atoms with van der Waals surface area (Å²) in [7, 11) is 1.64. The second-order valence-electron chi connectivity index (χ2n) is 7.28. The fourth-order valence-corrected chi connectivity index (χ4v) is 3.87. The van der Waals surface area contributed by atoms with Crippen molar-refractivity contribution in [2.75, 3.05) is 26.8 Å². The van der Waals surface area contributed by atoms with E-state index in [1.807, 2.05) is 12.1 Å². The highest BCUT2D eigenvalue weighted by Crippen LogP contribution is 2.44. The van der Waals surface area contributed by atoms with E-state index in [9.17, 15) is 0 Å². The van der Waals surface area contributed by atoms with Gasteiger partial charge in [-0.15, -0.1) is 11.8 Å². The normalized spacial score (nSPS) is 14.0. The molecule has 2 aromatic carbocycles. The molecule has 0 radical (unpaired) electrons. The second kappa shape index (κ2) is 7.77. The lowest BCUT2D eigenvalue weighted by Crippen LogP contribution is -2.20. The van der Waals surface area contributed by atoms with Crippen molar-refractivity contribution < 1.29 is 14.2 Å². The average Bonchev–Trinajstić information content (AvgIpc) is 2.64. The van der Waals surface area contributed by atoms with Crippen LogP contribution >= 0.6 is 11.8 Å². The van der Waals surface area contributed by atoms with Gasteiger partial charge in [0.2, 0.25) is 0 Å². The van der Waals surface area contributed by atoms with Gasteiger partial charge < -0.3 is 14.2 Å². The van der Waals surface area contributed by atoms with E-state index >= 15 is 0 Å². The molecule has 0 atom stereocenters. The molecule has 0 spiro atoms. The fourth-order valence-electron chi connectivity index (χ4n) is 3.25. The molecular weight excluding hydrogens is 344 g/mol. The predicted molar refractivity (Wildman–Crippen MR) is 109 cm³/mol. The number of fused-ring (bicyclic) bond motifs is 1. The molecule has 3 nitrogen and oxygen atoms in total. The van der Waals surface area contributed by atoms with Gasteiger partial charge in [-0.05, 0) is 34.9 Å². The van der Waals surface area contributed by atoms with Crippen molar-refractivity contribution >= 4 is 23.1 Å². The maximum absolute atomic E-state index is 6.15. The van der Waals surface area contributed by atoms with Crippen molar-refractivity contribution in [3.8, 4) is 5.75 Å². The van der Waals surface area contributed by atoms with Crippen LogP contribution in [0.5, 0.6) is 5.75 Å². The number of methoxy groups -OCH3 is 1. The van der Waals surface area contributed by atoms with Gasteiger partial charge in [-0.2, -0.15) is 0 Å². The molecule has 0 N–H and O–H groups in total. The van der Waals surface area contributed by atoms with Crippen molar-refractivity contribution in [1.29, 1.82) is 0 Å². The van der Waals surface area contributed by atoms with Crippen LogP contribution in [0.25, 0.3) is 11.3 Å². The van der Waals surface area contributed by atoms with Crippen LogP contribution in [0, 0.1) is 0 Å². The quantitative estimate of drug-likeness (QED) is 0.507. The first-order valence-electron chi connectivity index (χ1n) is 8.72. The van der Waals surface area contributed by atoms with Gasteiger partial charge in [0.1, 0.15) is 18.1 Å². The van der Waals surface area contributed by atoms with E-state index in [0.29, 0.717) is 6.61 Å². The number of rotatable bonds is 5. The van der Waals surface area contributed by atoms with Gasteiger partial charge in [-0.25, -0.2) is 0 Å². The lowest BCUT2D eigenvalue weighted by atomic mass is 9.81. The van der Waals surface area contributed by atoms with Gasteiger partial charge in [0, 0.05) is 17.6 Å². The number of benzene rings is 2. The van der Waals surface area contributed by atoms with Crippen LogP contribution < -0.4 is 4.74 Å². The van der Waals surface area contributed by atoms with Crippen LogP contribution in [0.3, 0.4) is 0 Å². The Morgan fingerprint density at radius 2 is 1.85 bits per heavy atom. The smallest absolute Gasteiger partial charge is 0.188 e. The molecule has 2 aromatic rings. The molecule has 1 heterocycles. The minimum Gasteiger partial charge on any atom is -0.488 e. The first kappa shape index (κ1) is 18.9. The first-order valence-corrected chi connectivity index (χ1v) is 9.94. The van der Waals surface area contributed by atoms with Crippen LogP contribution in [0.4, 0.5) is 0 Å². The summed E-state index contributed by atoms with van der Waals surface area (Å²) in [6, 6.07) is 14.6. The van der Waals surface area contributed by atoms with E-state index < -0.39 is 0 Å². The minimum absolute atomic E-state index is 0.0299. The maximum Gasteiger partial charge on any atom is 0.188 e. The van der Waals surface area contributed by atoms with Crippen molar-refractivity contribution in [2.45, 2.75) is 31.1 Å². The minimum atomic E-state index is -0.0299. The third kappa shape index (κ3) is 3.62. The molecule has 26 heavy (non-hydrogen) atoms. The lowest BCUT2D eigenvalue weighted by Gasteiger charge is -2.30. The van der Waals surface area contributed by atoms with Gasteiger partial charge >= 0.3 is 0 Å². The van der Waals surface area contributed by atoms with Gasteiger partial charge in [0.05, 0.1) is 5.56 Å². The van der Waals surface area contributed by atoms with Gasteiger partial charge in [-0.3, -0.25) is 0 Å². The van der Waals surface area contributed by atoms with Crippen LogP contribution in [0.15, 0.2) is 47.4 Å². The Kier molecular flexibility index (Phi) is 5.64. The van der Waals surface area contributed by atoms with Crippen molar-refractivity contribution in [3.63, 3.8) is 0 Å². The number of ether oxygens (including phenoxy) is 3. The number of hydrogen-bond acceptors (Lipinski definition) is 4. The first-order chi connectivity index (χ1) is 12.5. The Labute approximate surface area is 160 Å². The molecule has 0 aromatic heterocycles. The molecule has 0 fully saturated rings. The van der Waals surface area contributed by atoms with Crippen molar-refractivity contribution in [1.82, 2.24) is 0 Å². The Balaban J connectivity index is 2.27. The van der Waals surface area contributed by atoms with Gasteiger partial charge in [0.15, 0.2) is 6.79 Å². The summed E-state index contributed by atoms with van der Waals surface area (Å²) in [5, 5.41) is 0. The van der Waals surface area contributed by atoms with E-state index in [-0.39, 0.29) is 12.2 Å². The molecule has 4 heteroatoms.